The molecule has 208 valence electrons. The lowest BCUT2D eigenvalue weighted by molar-refractivity contribution is -0.139. The number of amides is 2. The normalized spacial score (nSPS) is 12.1. The van der Waals surface area contributed by atoms with E-state index in [1.165, 1.54) is 36.3 Å². The maximum absolute atomic E-state index is 13.9. The monoisotopic (exact) mass is 571 g/mol. The van der Waals surface area contributed by atoms with Gasteiger partial charge in [0.25, 0.3) is 10.0 Å². The molecule has 10 heteroatoms. The molecule has 0 fully saturated rings. The summed E-state index contributed by atoms with van der Waals surface area (Å²) < 4.78 is 33.9. The van der Waals surface area contributed by atoms with Gasteiger partial charge in [0, 0.05) is 12.6 Å². The van der Waals surface area contributed by atoms with Crippen molar-refractivity contribution in [3.8, 4) is 5.75 Å². The van der Waals surface area contributed by atoms with E-state index in [0.29, 0.717) is 5.75 Å². The standard InChI is InChI=1S/C29H34ClN3O5S/c1-20(2)31-29(35)22(4)32(18-23-12-10-9-11-21(23)3)28(34)19-33(24-15-16-27(38-5)26(30)17-24)39(36,37)25-13-7-6-8-14-25/h6-17,20,22H,18-19H2,1-5H3,(H,31,35)/t22-/m0/s1. The lowest BCUT2D eigenvalue weighted by Crippen LogP contribution is -2.52. The average molecular weight is 572 g/mol. The molecular formula is C29H34ClN3O5S. The Hall–Kier alpha value is -3.56. The van der Waals surface area contributed by atoms with Crippen molar-refractivity contribution < 1.29 is 22.7 Å². The van der Waals surface area contributed by atoms with E-state index in [9.17, 15) is 18.0 Å². The first-order valence-electron chi connectivity index (χ1n) is 12.5. The Kier molecular flexibility index (Phi) is 9.99. The third-order valence-electron chi connectivity index (χ3n) is 6.23. The lowest BCUT2D eigenvalue weighted by Gasteiger charge is -2.32. The van der Waals surface area contributed by atoms with Gasteiger partial charge in [-0.1, -0.05) is 54.1 Å². The number of hydrogen-bond acceptors (Lipinski definition) is 5. The van der Waals surface area contributed by atoms with Crippen LogP contribution in [0.1, 0.15) is 31.9 Å². The van der Waals surface area contributed by atoms with Crippen LogP contribution in [0.2, 0.25) is 5.02 Å². The van der Waals surface area contributed by atoms with Crippen LogP contribution in [-0.4, -0.2) is 50.9 Å². The fourth-order valence-corrected chi connectivity index (χ4v) is 5.70. The number of carbonyl (C=O) groups excluding carboxylic acids is 2. The Balaban J connectivity index is 2.07. The number of carbonyl (C=O) groups is 2. The van der Waals surface area contributed by atoms with Crippen molar-refractivity contribution in [1.29, 1.82) is 0 Å². The van der Waals surface area contributed by atoms with Crippen LogP contribution in [0.3, 0.4) is 0 Å². The van der Waals surface area contributed by atoms with Gasteiger partial charge in [-0.05, 0) is 69.2 Å². The van der Waals surface area contributed by atoms with Crippen molar-refractivity contribution in [2.24, 2.45) is 0 Å². The molecule has 0 saturated heterocycles. The van der Waals surface area contributed by atoms with Gasteiger partial charge in [-0.3, -0.25) is 13.9 Å². The summed E-state index contributed by atoms with van der Waals surface area (Å²) in [5.41, 5.74) is 1.98. The minimum Gasteiger partial charge on any atom is -0.495 e. The summed E-state index contributed by atoms with van der Waals surface area (Å²) >= 11 is 6.34. The van der Waals surface area contributed by atoms with Crippen molar-refractivity contribution >= 4 is 39.1 Å². The van der Waals surface area contributed by atoms with Gasteiger partial charge in [0.05, 0.1) is 22.7 Å². The number of rotatable bonds is 11. The van der Waals surface area contributed by atoms with Crippen LogP contribution in [-0.2, 0) is 26.2 Å². The highest BCUT2D eigenvalue weighted by atomic mass is 35.5. The minimum atomic E-state index is -4.18. The SMILES string of the molecule is COc1ccc(N(CC(=O)N(Cc2ccccc2C)[C@@H](C)C(=O)NC(C)C)S(=O)(=O)c2ccccc2)cc1Cl. The third kappa shape index (κ3) is 7.30. The molecule has 0 unspecified atom stereocenters. The van der Waals surface area contributed by atoms with Crippen LogP contribution in [0.25, 0.3) is 0 Å². The summed E-state index contributed by atoms with van der Waals surface area (Å²) in [6, 6.07) is 18.9. The van der Waals surface area contributed by atoms with Crippen LogP contribution in [0.5, 0.6) is 5.75 Å². The lowest BCUT2D eigenvalue weighted by atomic mass is 10.1. The van der Waals surface area contributed by atoms with Crippen LogP contribution >= 0.6 is 11.6 Å². The van der Waals surface area contributed by atoms with Crippen LogP contribution < -0.4 is 14.4 Å². The molecule has 0 bridgehead atoms. The zero-order valence-electron chi connectivity index (χ0n) is 22.7. The predicted octanol–water partition coefficient (Wildman–Crippen LogP) is 4.79. The van der Waals surface area contributed by atoms with Gasteiger partial charge in [0.15, 0.2) is 0 Å². The van der Waals surface area contributed by atoms with E-state index in [2.05, 4.69) is 5.32 Å². The molecule has 0 spiro atoms. The number of sulfonamides is 1. The maximum atomic E-state index is 13.9. The number of aryl methyl sites for hydroxylation is 1. The van der Waals surface area contributed by atoms with E-state index in [-0.39, 0.29) is 34.1 Å². The van der Waals surface area contributed by atoms with E-state index < -0.39 is 28.5 Å². The molecule has 0 radical (unpaired) electrons. The van der Waals surface area contributed by atoms with Gasteiger partial charge in [-0.2, -0.15) is 0 Å². The number of nitrogens with zero attached hydrogens (tertiary/aromatic N) is 2. The van der Waals surface area contributed by atoms with Crippen molar-refractivity contribution in [3.05, 3.63) is 88.9 Å². The minimum absolute atomic E-state index is 0.0146. The van der Waals surface area contributed by atoms with Crippen LogP contribution in [0.15, 0.2) is 77.7 Å². The van der Waals surface area contributed by atoms with E-state index in [0.717, 1.165) is 15.4 Å². The molecule has 2 amide bonds. The summed E-state index contributed by atoms with van der Waals surface area (Å²) in [5.74, 6) is -0.517. The molecule has 3 aromatic rings. The summed E-state index contributed by atoms with van der Waals surface area (Å²) in [7, 11) is -2.72. The van der Waals surface area contributed by atoms with Gasteiger partial charge >= 0.3 is 0 Å². The highest BCUT2D eigenvalue weighted by Gasteiger charge is 2.33. The number of nitrogens with one attached hydrogen (secondary N) is 1. The first-order valence-corrected chi connectivity index (χ1v) is 14.3. The Morgan fingerprint density at radius 2 is 1.62 bits per heavy atom. The highest BCUT2D eigenvalue weighted by molar-refractivity contribution is 7.92. The average Bonchev–Trinajstić information content (AvgIpc) is 2.90. The first-order chi connectivity index (χ1) is 18.4. The Morgan fingerprint density at radius 1 is 0.974 bits per heavy atom. The van der Waals surface area contributed by atoms with E-state index in [1.54, 1.807) is 31.2 Å². The first kappa shape index (κ1) is 30.0. The molecule has 1 atom stereocenters. The molecule has 0 heterocycles. The number of ether oxygens (including phenoxy) is 1. The molecule has 0 aliphatic heterocycles. The summed E-state index contributed by atoms with van der Waals surface area (Å²) in [6.07, 6.45) is 0. The fourth-order valence-electron chi connectivity index (χ4n) is 4.02. The second-order valence-electron chi connectivity index (χ2n) is 9.43. The predicted molar refractivity (Wildman–Crippen MR) is 153 cm³/mol. The van der Waals surface area contributed by atoms with Gasteiger partial charge in [-0.25, -0.2) is 8.42 Å². The summed E-state index contributed by atoms with van der Waals surface area (Å²) in [4.78, 5) is 28.4. The van der Waals surface area contributed by atoms with Crippen molar-refractivity contribution in [3.63, 3.8) is 0 Å². The number of hydrogen-bond donors (Lipinski definition) is 1. The number of halogens is 1. The Bertz CT molecular complexity index is 1410. The van der Waals surface area contributed by atoms with Crippen molar-refractivity contribution in [1.82, 2.24) is 10.2 Å². The highest BCUT2D eigenvalue weighted by Crippen LogP contribution is 2.32. The molecular weight excluding hydrogens is 538 g/mol. The van der Waals surface area contributed by atoms with Crippen molar-refractivity contribution in [2.75, 3.05) is 18.0 Å². The second kappa shape index (κ2) is 13.0. The van der Waals surface area contributed by atoms with Crippen molar-refractivity contribution in [2.45, 2.75) is 51.2 Å². The molecule has 3 rings (SSSR count). The third-order valence-corrected chi connectivity index (χ3v) is 8.32. The van der Waals surface area contributed by atoms with E-state index >= 15 is 0 Å². The quantitative estimate of drug-likeness (QED) is 0.357. The smallest absolute Gasteiger partial charge is 0.264 e. The Labute approximate surface area is 235 Å². The molecule has 0 aliphatic rings. The molecule has 39 heavy (non-hydrogen) atoms. The zero-order valence-corrected chi connectivity index (χ0v) is 24.3. The number of benzene rings is 3. The topological polar surface area (TPSA) is 96.0 Å². The van der Waals surface area contributed by atoms with Gasteiger partial charge in [-0.15, -0.1) is 0 Å². The Morgan fingerprint density at radius 3 is 2.21 bits per heavy atom. The largest absolute Gasteiger partial charge is 0.495 e. The van der Waals surface area contributed by atoms with Gasteiger partial charge in [0.2, 0.25) is 11.8 Å². The molecule has 0 aromatic heterocycles. The fraction of sp³-hybridized carbons (Fsp3) is 0.310. The zero-order chi connectivity index (χ0) is 28.7. The van der Waals surface area contributed by atoms with E-state index in [4.69, 9.17) is 16.3 Å². The second-order valence-corrected chi connectivity index (χ2v) is 11.7. The molecule has 0 saturated carbocycles. The van der Waals surface area contributed by atoms with Gasteiger partial charge in [0.1, 0.15) is 18.3 Å². The van der Waals surface area contributed by atoms with Crippen LogP contribution in [0, 0.1) is 6.92 Å². The van der Waals surface area contributed by atoms with Gasteiger partial charge < -0.3 is 15.0 Å². The molecule has 0 aliphatic carbocycles. The van der Waals surface area contributed by atoms with E-state index in [1.807, 2.05) is 45.0 Å². The number of anilines is 1. The van der Waals surface area contributed by atoms with Crippen LogP contribution in [0.4, 0.5) is 5.69 Å². The molecule has 1 N–H and O–H groups in total. The summed E-state index contributed by atoms with van der Waals surface area (Å²) in [6.45, 7) is 6.79. The number of methoxy groups -OCH3 is 1. The molecule has 8 nitrogen and oxygen atoms in total. The maximum Gasteiger partial charge on any atom is 0.264 e. The summed E-state index contributed by atoms with van der Waals surface area (Å²) in [5, 5.41) is 3.04. The molecule has 3 aromatic carbocycles.